The van der Waals surface area contributed by atoms with Crippen LogP contribution in [0.2, 0.25) is 0 Å². The van der Waals surface area contributed by atoms with Gasteiger partial charge in [0, 0.05) is 19.0 Å². The predicted molar refractivity (Wildman–Crippen MR) is 131 cm³/mol. The minimum absolute atomic E-state index is 0.0355. The predicted octanol–water partition coefficient (Wildman–Crippen LogP) is 5.19. The lowest BCUT2D eigenvalue weighted by molar-refractivity contribution is -0.132. The van der Waals surface area contributed by atoms with Crippen LogP contribution in [-0.2, 0) is 17.8 Å². The molecule has 178 valence electrons. The van der Waals surface area contributed by atoms with Gasteiger partial charge in [-0.1, -0.05) is 42.8 Å². The fourth-order valence-corrected chi connectivity index (χ4v) is 4.42. The normalized spacial score (nSPS) is 15.2. The quantitative estimate of drug-likeness (QED) is 0.527. The van der Waals surface area contributed by atoms with E-state index in [4.69, 9.17) is 9.15 Å². The third kappa shape index (κ3) is 5.16. The summed E-state index contributed by atoms with van der Waals surface area (Å²) in [5.41, 5.74) is 4.58. The summed E-state index contributed by atoms with van der Waals surface area (Å²) < 4.78 is 11.7. The van der Waals surface area contributed by atoms with Gasteiger partial charge in [-0.15, -0.1) is 0 Å². The molecular formula is C28H32N2O4. The summed E-state index contributed by atoms with van der Waals surface area (Å²) in [5, 5.41) is 2.82. The van der Waals surface area contributed by atoms with E-state index >= 15 is 0 Å². The average Bonchev–Trinajstić information content (AvgIpc) is 3.30. The number of hydrogen-bond donors (Lipinski definition) is 1. The molecule has 1 N–H and O–H groups in total. The molecule has 1 atom stereocenters. The average molecular weight is 461 g/mol. The molecule has 0 radical (unpaired) electrons. The van der Waals surface area contributed by atoms with E-state index in [1.54, 1.807) is 12.1 Å². The van der Waals surface area contributed by atoms with Crippen molar-refractivity contribution in [1.82, 2.24) is 10.2 Å². The molecule has 1 aliphatic rings. The van der Waals surface area contributed by atoms with Crippen molar-refractivity contribution in [2.45, 2.75) is 59.2 Å². The Morgan fingerprint density at radius 1 is 1.15 bits per heavy atom. The van der Waals surface area contributed by atoms with Crippen LogP contribution >= 0.6 is 0 Å². The highest BCUT2D eigenvalue weighted by Gasteiger charge is 2.31. The van der Waals surface area contributed by atoms with Gasteiger partial charge in [0.05, 0.1) is 6.04 Å². The standard InChI is InChI=1S/C28H32N2O4/c1-5-26(31)30-14-13-20-9-10-22(16-24(20)27(30)21-8-6-7-19(4)15-21)33-17-23-11-12-25(34-23)28(32)29-18(2)3/h6-12,15-16,18,27H,5,13-14,17H2,1-4H3,(H,29,32). The Bertz CT molecular complexity index is 1180. The highest BCUT2D eigenvalue weighted by atomic mass is 16.5. The number of carbonyl (C=O) groups is 2. The van der Waals surface area contributed by atoms with Gasteiger partial charge < -0.3 is 19.4 Å². The number of furan rings is 1. The van der Waals surface area contributed by atoms with Crippen molar-refractivity contribution >= 4 is 11.8 Å². The second kappa shape index (κ2) is 10.2. The Labute approximate surface area is 200 Å². The highest BCUT2D eigenvalue weighted by Crippen LogP contribution is 2.38. The van der Waals surface area contributed by atoms with E-state index < -0.39 is 0 Å². The van der Waals surface area contributed by atoms with Crippen molar-refractivity contribution in [2.24, 2.45) is 0 Å². The number of fused-ring (bicyclic) bond motifs is 1. The van der Waals surface area contributed by atoms with Crippen LogP contribution in [-0.4, -0.2) is 29.3 Å². The van der Waals surface area contributed by atoms with Crippen LogP contribution in [0.15, 0.2) is 59.0 Å². The van der Waals surface area contributed by atoms with Crippen molar-refractivity contribution in [3.05, 3.63) is 88.4 Å². The van der Waals surface area contributed by atoms with E-state index in [2.05, 4.69) is 36.5 Å². The third-order valence-corrected chi connectivity index (χ3v) is 6.01. The van der Waals surface area contributed by atoms with Gasteiger partial charge in [0.15, 0.2) is 5.76 Å². The number of carbonyl (C=O) groups excluding carboxylic acids is 2. The number of nitrogens with one attached hydrogen (secondary N) is 1. The number of hydrogen-bond acceptors (Lipinski definition) is 4. The fraction of sp³-hybridized carbons (Fsp3) is 0.357. The van der Waals surface area contributed by atoms with Crippen LogP contribution in [0.25, 0.3) is 0 Å². The fourth-order valence-electron chi connectivity index (χ4n) is 4.42. The van der Waals surface area contributed by atoms with Gasteiger partial charge in [-0.05, 0) is 68.1 Å². The summed E-state index contributed by atoms with van der Waals surface area (Å²) in [6, 6.07) is 17.7. The van der Waals surface area contributed by atoms with E-state index in [1.807, 2.05) is 43.9 Å². The molecule has 0 saturated carbocycles. The van der Waals surface area contributed by atoms with Crippen LogP contribution in [0.1, 0.15) is 71.8 Å². The lowest BCUT2D eigenvalue weighted by Gasteiger charge is -2.38. The van der Waals surface area contributed by atoms with E-state index in [-0.39, 0.29) is 36.3 Å². The number of benzene rings is 2. The number of ether oxygens (including phenoxy) is 1. The molecule has 1 aliphatic heterocycles. The molecule has 3 aromatic rings. The summed E-state index contributed by atoms with van der Waals surface area (Å²) in [7, 11) is 0. The second-order valence-corrected chi connectivity index (χ2v) is 9.05. The highest BCUT2D eigenvalue weighted by molar-refractivity contribution is 5.91. The zero-order chi connectivity index (χ0) is 24.2. The molecule has 6 nitrogen and oxygen atoms in total. The van der Waals surface area contributed by atoms with Crippen molar-refractivity contribution in [1.29, 1.82) is 0 Å². The number of amides is 2. The van der Waals surface area contributed by atoms with Crippen molar-refractivity contribution in [3.8, 4) is 5.75 Å². The van der Waals surface area contributed by atoms with Crippen LogP contribution in [0, 0.1) is 6.92 Å². The Hall–Kier alpha value is -3.54. The van der Waals surface area contributed by atoms with E-state index in [9.17, 15) is 9.59 Å². The molecule has 1 unspecified atom stereocenters. The number of aryl methyl sites for hydroxylation is 1. The molecule has 4 rings (SSSR count). The first kappa shape index (κ1) is 23.6. The van der Waals surface area contributed by atoms with Crippen LogP contribution in [0.5, 0.6) is 5.75 Å². The summed E-state index contributed by atoms with van der Waals surface area (Å²) in [4.78, 5) is 26.9. The maximum absolute atomic E-state index is 12.8. The van der Waals surface area contributed by atoms with Gasteiger partial charge in [0.1, 0.15) is 18.1 Å². The minimum Gasteiger partial charge on any atom is -0.486 e. The molecule has 1 aromatic heterocycles. The van der Waals surface area contributed by atoms with Gasteiger partial charge in [0.25, 0.3) is 5.91 Å². The third-order valence-electron chi connectivity index (χ3n) is 6.01. The summed E-state index contributed by atoms with van der Waals surface area (Å²) in [6.07, 6.45) is 1.29. The van der Waals surface area contributed by atoms with Gasteiger partial charge in [0.2, 0.25) is 5.91 Å². The maximum Gasteiger partial charge on any atom is 0.287 e. The van der Waals surface area contributed by atoms with Gasteiger partial charge >= 0.3 is 0 Å². The molecule has 2 amide bonds. The van der Waals surface area contributed by atoms with Crippen LogP contribution in [0.4, 0.5) is 0 Å². The van der Waals surface area contributed by atoms with Crippen LogP contribution in [0.3, 0.4) is 0 Å². The Balaban J connectivity index is 1.58. The van der Waals surface area contributed by atoms with Gasteiger partial charge in [-0.3, -0.25) is 9.59 Å². The SMILES string of the molecule is CCC(=O)N1CCc2ccc(OCc3ccc(C(=O)NC(C)C)o3)cc2C1c1cccc(C)c1. The molecular weight excluding hydrogens is 428 g/mol. The summed E-state index contributed by atoms with van der Waals surface area (Å²) in [6.45, 7) is 8.69. The minimum atomic E-state index is -0.239. The molecule has 2 heterocycles. The molecule has 0 bridgehead atoms. The molecule has 0 aliphatic carbocycles. The molecule has 0 fully saturated rings. The smallest absolute Gasteiger partial charge is 0.287 e. The lowest BCUT2D eigenvalue weighted by atomic mass is 9.87. The Morgan fingerprint density at radius 2 is 1.97 bits per heavy atom. The van der Waals surface area contributed by atoms with Crippen LogP contribution < -0.4 is 10.1 Å². The first-order valence-electron chi connectivity index (χ1n) is 11.9. The lowest BCUT2D eigenvalue weighted by Crippen LogP contribution is -2.40. The summed E-state index contributed by atoms with van der Waals surface area (Å²) in [5.74, 6) is 1.45. The van der Waals surface area contributed by atoms with Crippen molar-refractivity contribution in [2.75, 3.05) is 6.54 Å². The zero-order valence-electron chi connectivity index (χ0n) is 20.3. The topological polar surface area (TPSA) is 71.8 Å². The zero-order valence-corrected chi connectivity index (χ0v) is 20.3. The largest absolute Gasteiger partial charge is 0.486 e. The molecule has 2 aromatic carbocycles. The Kier molecular flexibility index (Phi) is 7.06. The molecule has 0 spiro atoms. The summed E-state index contributed by atoms with van der Waals surface area (Å²) >= 11 is 0. The first-order chi connectivity index (χ1) is 16.4. The van der Waals surface area contributed by atoms with Gasteiger partial charge in [-0.25, -0.2) is 0 Å². The van der Waals surface area contributed by atoms with E-state index in [1.165, 1.54) is 5.56 Å². The first-order valence-corrected chi connectivity index (χ1v) is 11.9. The number of nitrogens with zero attached hydrogens (tertiary/aromatic N) is 1. The van der Waals surface area contributed by atoms with E-state index in [0.29, 0.717) is 24.5 Å². The molecule has 6 heteroatoms. The van der Waals surface area contributed by atoms with E-state index in [0.717, 1.165) is 23.1 Å². The van der Waals surface area contributed by atoms with Crippen molar-refractivity contribution < 1.29 is 18.7 Å². The van der Waals surface area contributed by atoms with Crippen molar-refractivity contribution in [3.63, 3.8) is 0 Å². The Morgan fingerprint density at radius 3 is 2.71 bits per heavy atom. The monoisotopic (exact) mass is 460 g/mol. The number of rotatable bonds is 7. The maximum atomic E-state index is 12.8. The second-order valence-electron chi connectivity index (χ2n) is 9.05. The molecule has 0 saturated heterocycles. The van der Waals surface area contributed by atoms with Gasteiger partial charge in [-0.2, -0.15) is 0 Å². The molecule has 34 heavy (non-hydrogen) atoms.